The second-order valence-corrected chi connectivity index (χ2v) is 11.3. The predicted octanol–water partition coefficient (Wildman–Crippen LogP) is 2.87. The average Bonchev–Trinajstić information content (AvgIpc) is 3.12. The Balaban J connectivity index is 1.72. The molecule has 0 spiro atoms. The molecule has 9 heteroatoms. The number of carbonyl (C=O) groups excluding carboxylic acids is 1. The maximum atomic E-state index is 12.6. The van der Waals surface area contributed by atoms with Crippen LogP contribution < -0.4 is 10.3 Å². The highest BCUT2D eigenvalue weighted by Gasteiger charge is 2.31. The van der Waals surface area contributed by atoms with Crippen LogP contribution in [0.3, 0.4) is 0 Å². The van der Waals surface area contributed by atoms with E-state index in [0.29, 0.717) is 22.2 Å². The van der Waals surface area contributed by atoms with Crippen LogP contribution in [0.15, 0.2) is 11.0 Å². The Labute approximate surface area is 170 Å². The van der Waals surface area contributed by atoms with E-state index in [-0.39, 0.29) is 10.3 Å². The first kappa shape index (κ1) is 21.0. The molecule has 2 aromatic heterocycles. The zero-order chi connectivity index (χ0) is 20.9. The Morgan fingerprint density at radius 1 is 1.32 bits per heavy atom. The van der Waals surface area contributed by atoms with Gasteiger partial charge in [0, 0.05) is 11.9 Å². The van der Waals surface area contributed by atoms with Crippen LogP contribution >= 0.6 is 11.3 Å². The number of hydrazine groups is 1. The lowest BCUT2D eigenvalue weighted by Gasteiger charge is -2.33. The maximum absolute atomic E-state index is 12.6. The third kappa shape index (κ3) is 4.01. The molecule has 1 aliphatic carbocycles. The van der Waals surface area contributed by atoms with Gasteiger partial charge in [0.05, 0.1) is 16.3 Å². The molecule has 2 N–H and O–H groups in total. The highest BCUT2D eigenvalue weighted by molar-refractivity contribution is 7.89. The number of nitrogens with one attached hydrogen (secondary N) is 2. The second-order valence-electron chi connectivity index (χ2n) is 8.55. The zero-order valence-electron chi connectivity index (χ0n) is 17.2. The first-order valence-electron chi connectivity index (χ1n) is 9.34. The topological polar surface area (TPSA) is 93.1 Å². The van der Waals surface area contributed by atoms with E-state index in [0.717, 1.165) is 19.3 Å². The van der Waals surface area contributed by atoms with Gasteiger partial charge in [-0.1, -0.05) is 20.8 Å². The maximum Gasteiger partial charge on any atom is 0.276 e. The van der Waals surface area contributed by atoms with Gasteiger partial charge in [0.1, 0.15) is 4.90 Å². The van der Waals surface area contributed by atoms with E-state index in [4.69, 9.17) is 0 Å². The minimum absolute atomic E-state index is 0.0915. The first-order valence-corrected chi connectivity index (χ1v) is 11.6. The van der Waals surface area contributed by atoms with Gasteiger partial charge < -0.3 is 0 Å². The zero-order valence-corrected chi connectivity index (χ0v) is 18.8. The van der Waals surface area contributed by atoms with Gasteiger partial charge >= 0.3 is 0 Å². The molecule has 2 aromatic rings. The number of carbonyl (C=O) groups is 1. The molecule has 0 unspecified atom stereocenters. The third-order valence-corrected chi connectivity index (χ3v) is 8.28. The van der Waals surface area contributed by atoms with Gasteiger partial charge in [0.25, 0.3) is 15.9 Å². The van der Waals surface area contributed by atoms with Crippen LogP contribution in [-0.4, -0.2) is 24.1 Å². The Bertz CT molecular complexity index is 1010. The molecule has 28 heavy (non-hydrogen) atoms. The van der Waals surface area contributed by atoms with E-state index in [2.05, 4.69) is 36.1 Å². The molecular weight excluding hydrogens is 396 g/mol. The van der Waals surface area contributed by atoms with Crippen molar-refractivity contribution in [1.29, 1.82) is 0 Å². The smallest absolute Gasteiger partial charge is 0.273 e. The number of thiophene rings is 1. The monoisotopic (exact) mass is 424 g/mol. The fraction of sp³-hybridized carbons (Fsp3) is 0.579. The summed E-state index contributed by atoms with van der Waals surface area (Å²) in [4.78, 5) is 16.6. The summed E-state index contributed by atoms with van der Waals surface area (Å²) in [5, 5.41) is 4.12. The molecule has 2 heterocycles. The average molecular weight is 425 g/mol. The third-order valence-electron chi connectivity index (χ3n) is 5.54. The SMILES string of the molecule is Cc1nn(C)c(C)c1S(=O)(=O)NNC(=O)c1cc2c(s1)CC[C@@H](C(C)(C)C)C2. The van der Waals surface area contributed by atoms with Crippen LogP contribution in [0.25, 0.3) is 0 Å². The molecular formula is C19H28N4O3S2. The van der Waals surface area contributed by atoms with Crippen molar-refractivity contribution in [2.75, 3.05) is 0 Å². The number of nitrogens with zero attached hydrogens (tertiary/aromatic N) is 2. The molecule has 154 valence electrons. The first-order chi connectivity index (χ1) is 12.9. The van der Waals surface area contributed by atoms with Crippen LogP contribution in [0.5, 0.6) is 0 Å². The molecule has 1 aliphatic rings. The number of hydrogen-bond donors (Lipinski definition) is 2. The lowest BCUT2D eigenvalue weighted by atomic mass is 9.72. The molecule has 7 nitrogen and oxygen atoms in total. The summed E-state index contributed by atoms with van der Waals surface area (Å²) in [6.45, 7) is 10.1. The van der Waals surface area contributed by atoms with E-state index in [1.807, 2.05) is 6.07 Å². The van der Waals surface area contributed by atoms with Crippen LogP contribution in [0.1, 0.15) is 58.7 Å². The quantitative estimate of drug-likeness (QED) is 0.738. The Morgan fingerprint density at radius 2 is 2.00 bits per heavy atom. The summed E-state index contributed by atoms with van der Waals surface area (Å²) in [5.41, 5.74) is 4.70. The van der Waals surface area contributed by atoms with Gasteiger partial charge in [0.15, 0.2) is 0 Å². The molecule has 1 atom stereocenters. The van der Waals surface area contributed by atoms with Crippen molar-refractivity contribution >= 4 is 27.3 Å². The number of aromatic nitrogens is 2. The standard InChI is InChI=1S/C19H28N4O3S2/c1-11-17(12(2)23(6)21-11)28(25,26)22-20-18(24)16-10-13-9-14(19(3,4)5)7-8-15(13)27-16/h10,14,22H,7-9H2,1-6H3,(H,20,24)/t14-/m1/s1. The Kier molecular flexibility index (Phi) is 5.46. The van der Waals surface area contributed by atoms with E-state index in [9.17, 15) is 13.2 Å². The summed E-state index contributed by atoms with van der Waals surface area (Å²) < 4.78 is 26.7. The fourth-order valence-electron chi connectivity index (χ4n) is 3.74. The number of fused-ring (bicyclic) bond motifs is 1. The highest BCUT2D eigenvalue weighted by atomic mass is 32.2. The minimum Gasteiger partial charge on any atom is -0.273 e. The molecule has 1 amide bonds. The van der Waals surface area contributed by atoms with Crippen molar-refractivity contribution in [2.24, 2.45) is 18.4 Å². The van der Waals surface area contributed by atoms with Crippen molar-refractivity contribution in [2.45, 2.75) is 58.8 Å². The molecule has 0 radical (unpaired) electrons. The lowest BCUT2D eigenvalue weighted by molar-refractivity contribution is 0.0949. The highest BCUT2D eigenvalue weighted by Crippen LogP contribution is 2.40. The summed E-state index contributed by atoms with van der Waals surface area (Å²) in [6, 6.07) is 1.90. The van der Waals surface area contributed by atoms with Crippen LogP contribution in [-0.2, 0) is 29.9 Å². The van der Waals surface area contributed by atoms with Crippen molar-refractivity contribution < 1.29 is 13.2 Å². The van der Waals surface area contributed by atoms with Gasteiger partial charge in [-0.3, -0.25) is 14.9 Å². The number of rotatable bonds is 4. The Morgan fingerprint density at radius 3 is 2.57 bits per heavy atom. The van der Waals surface area contributed by atoms with Gasteiger partial charge in [-0.2, -0.15) is 5.10 Å². The number of hydrogen-bond acceptors (Lipinski definition) is 5. The molecule has 0 aliphatic heterocycles. The predicted molar refractivity (Wildman–Crippen MR) is 110 cm³/mol. The molecule has 0 fully saturated rings. The number of amides is 1. The van der Waals surface area contributed by atoms with Crippen LogP contribution in [0, 0.1) is 25.2 Å². The lowest BCUT2D eigenvalue weighted by Crippen LogP contribution is -2.41. The summed E-state index contributed by atoms with van der Waals surface area (Å²) in [7, 11) is -2.21. The van der Waals surface area contributed by atoms with E-state index < -0.39 is 15.9 Å². The van der Waals surface area contributed by atoms with Crippen molar-refractivity contribution in [3.63, 3.8) is 0 Å². The summed E-state index contributed by atoms with van der Waals surface area (Å²) >= 11 is 1.45. The van der Waals surface area contributed by atoms with Crippen molar-refractivity contribution in [3.05, 3.63) is 32.8 Å². The second kappa shape index (κ2) is 7.27. The number of sulfonamides is 1. The van der Waals surface area contributed by atoms with Gasteiger partial charge in [-0.05, 0) is 56.1 Å². The molecule has 0 bridgehead atoms. The van der Waals surface area contributed by atoms with Crippen molar-refractivity contribution in [1.82, 2.24) is 20.0 Å². The molecule has 0 saturated heterocycles. The van der Waals surface area contributed by atoms with Crippen molar-refractivity contribution in [3.8, 4) is 0 Å². The Hall–Kier alpha value is -1.71. The van der Waals surface area contributed by atoms with E-state index in [1.165, 1.54) is 26.5 Å². The molecule has 0 aromatic carbocycles. The fourth-order valence-corrected chi connectivity index (χ4v) is 6.13. The normalized spacial score (nSPS) is 17.4. The van der Waals surface area contributed by atoms with Crippen LogP contribution in [0.2, 0.25) is 0 Å². The number of aryl methyl sites for hydroxylation is 3. The van der Waals surface area contributed by atoms with E-state index in [1.54, 1.807) is 20.9 Å². The van der Waals surface area contributed by atoms with Gasteiger partial charge in [0.2, 0.25) is 0 Å². The summed E-state index contributed by atoms with van der Waals surface area (Å²) in [6.07, 6.45) is 3.04. The van der Waals surface area contributed by atoms with Gasteiger partial charge in [-0.25, -0.2) is 8.42 Å². The van der Waals surface area contributed by atoms with Crippen LogP contribution in [0.4, 0.5) is 0 Å². The largest absolute Gasteiger partial charge is 0.276 e. The van der Waals surface area contributed by atoms with E-state index >= 15 is 0 Å². The molecule has 3 rings (SSSR count). The summed E-state index contributed by atoms with van der Waals surface area (Å²) in [5.74, 6) is 0.148. The minimum atomic E-state index is -3.89. The van der Waals surface area contributed by atoms with Gasteiger partial charge in [-0.15, -0.1) is 16.2 Å². The molecule has 0 saturated carbocycles.